The van der Waals surface area contributed by atoms with Crippen molar-refractivity contribution in [1.29, 1.82) is 0 Å². The second-order valence-electron chi connectivity index (χ2n) is 3.93. The Kier molecular flexibility index (Phi) is 5.21. The second kappa shape index (κ2) is 6.69. The van der Waals surface area contributed by atoms with Gasteiger partial charge < -0.3 is 5.73 Å². The van der Waals surface area contributed by atoms with Gasteiger partial charge in [0.15, 0.2) is 0 Å². The molecule has 2 N–H and O–H groups in total. The highest BCUT2D eigenvalue weighted by Gasteiger charge is 2.03. The fourth-order valence-corrected chi connectivity index (χ4v) is 1.68. The van der Waals surface area contributed by atoms with Crippen molar-refractivity contribution in [3.63, 3.8) is 0 Å². The topological polar surface area (TPSA) is 38.4 Å². The Balaban J connectivity index is 2.93. The van der Waals surface area contributed by atoms with Crippen molar-refractivity contribution >= 4 is 5.71 Å². The predicted octanol–water partition coefficient (Wildman–Crippen LogP) is 3.31. The Bertz CT molecular complexity index is 432. The Hall–Kier alpha value is -1.83. The molecule has 0 aliphatic heterocycles. The summed E-state index contributed by atoms with van der Waals surface area (Å²) in [6.45, 7) is 5.68. The molecule has 0 bridgehead atoms. The maximum atomic E-state index is 6.07. The second-order valence-corrected chi connectivity index (χ2v) is 3.93. The van der Waals surface area contributed by atoms with Crippen molar-refractivity contribution in [2.24, 2.45) is 10.7 Å². The van der Waals surface area contributed by atoms with Gasteiger partial charge in [0.25, 0.3) is 0 Å². The number of nitrogens with zero attached hydrogens (tertiary/aromatic N) is 1. The van der Waals surface area contributed by atoms with E-state index in [9.17, 15) is 0 Å². The molecule has 1 aliphatic carbocycles. The third-order valence-corrected chi connectivity index (χ3v) is 2.63. The monoisotopic (exact) mass is 228 g/mol. The molecule has 0 saturated heterocycles. The van der Waals surface area contributed by atoms with Gasteiger partial charge in [-0.15, -0.1) is 0 Å². The van der Waals surface area contributed by atoms with E-state index < -0.39 is 0 Å². The van der Waals surface area contributed by atoms with Gasteiger partial charge in [0.2, 0.25) is 0 Å². The predicted molar refractivity (Wildman–Crippen MR) is 76.0 cm³/mol. The molecule has 0 spiro atoms. The lowest BCUT2D eigenvalue weighted by Gasteiger charge is -2.08. The van der Waals surface area contributed by atoms with E-state index in [-0.39, 0.29) is 0 Å². The summed E-state index contributed by atoms with van der Waals surface area (Å²) in [5.41, 5.74) is 9.87. The molecule has 0 aromatic carbocycles. The minimum atomic E-state index is 0.762. The quantitative estimate of drug-likeness (QED) is 0.582. The van der Waals surface area contributed by atoms with E-state index in [4.69, 9.17) is 5.73 Å². The van der Waals surface area contributed by atoms with Gasteiger partial charge in [0.1, 0.15) is 0 Å². The van der Waals surface area contributed by atoms with Gasteiger partial charge in [-0.25, -0.2) is 0 Å². The highest BCUT2D eigenvalue weighted by molar-refractivity contribution is 6.08. The Morgan fingerprint density at radius 1 is 1.47 bits per heavy atom. The summed E-state index contributed by atoms with van der Waals surface area (Å²) in [6, 6.07) is 0. The zero-order chi connectivity index (χ0) is 12.7. The molecule has 17 heavy (non-hydrogen) atoms. The van der Waals surface area contributed by atoms with Crippen LogP contribution < -0.4 is 5.73 Å². The first-order valence-corrected chi connectivity index (χ1v) is 5.79. The summed E-state index contributed by atoms with van der Waals surface area (Å²) in [5.74, 6) is 0. The van der Waals surface area contributed by atoms with E-state index in [1.54, 1.807) is 13.1 Å². The molecule has 0 atom stereocenters. The molecule has 0 aromatic rings. The standard InChI is InChI=1S/C15H20N2/c1-4-8-12(2)15(17-3)11-14(16)13-9-6-5-7-10-13/h4,6,8-11H,1,5,7,16H2,2-3H3/b12-8+,14-11-,17-15?. The van der Waals surface area contributed by atoms with Crippen molar-refractivity contribution in [2.75, 3.05) is 7.05 Å². The van der Waals surface area contributed by atoms with Crippen LogP contribution in [0.2, 0.25) is 0 Å². The average molecular weight is 228 g/mol. The lowest BCUT2D eigenvalue weighted by molar-refractivity contribution is 1.02. The number of allylic oxidation sites excluding steroid dienone is 7. The smallest absolute Gasteiger partial charge is 0.0620 e. The van der Waals surface area contributed by atoms with Crippen molar-refractivity contribution in [1.82, 2.24) is 0 Å². The molecule has 0 fully saturated rings. The maximum Gasteiger partial charge on any atom is 0.0620 e. The molecule has 0 radical (unpaired) electrons. The number of hydrogen-bond acceptors (Lipinski definition) is 2. The number of hydrogen-bond donors (Lipinski definition) is 1. The van der Waals surface area contributed by atoms with Crippen LogP contribution in [0.3, 0.4) is 0 Å². The number of rotatable bonds is 4. The van der Waals surface area contributed by atoms with Crippen molar-refractivity contribution in [3.8, 4) is 0 Å². The van der Waals surface area contributed by atoms with Gasteiger partial charge >= 0.3 is 0 Å². The minimum absolute atomic E-state index is 0.762. The van der Waals surface area contributed by atoms with Crippen LogP contribution in [0.4, 0.5) is 0 Å². The summed E-state index contributed by atoms with van der Waals surface area (Å²) in [7, 11) is 1.77. The molecule has 90 valence electrons. The summed E-state index contributed by atoms with van der Waals surface area (Å²) in [6.07, 6.45) is 14.1. The van der Waals surface area contributed by atoms with Crippen molar-refractivity contribution in [3.05, 3.63) is 59.9 Å². The fourth-order valence-electron chi connectivity index (χ4n) is 1.68. The van der Waals surface area contributed by atoms with Crippen LogP contribution in [0, 0.1) is 0 Å². The molecular weight excluding hydrogens is 208 g/mol. The van der Waals surface area contributed by atoms with Crippen LogP contribution in [0.1, 0.15) is 19.8 Å². The van der Waals surface area contributed by atoms with Crippen LogP contribution >= 0.6 is 0 Å². The van der Waals surface area contributed by atoms with Crippen molar-refractivity contribution < 1.29 is 0 Å². The molecule has 2 heteroatoms. The highest BCUT2D eigenvalue weighted by atomic mass is 14.7. The van der Waals surface area contributed by atoms with Crippen LogP contribution in [0.25, 0.3) is 0 Å². The lowest BCUT2D eigenvalue weighted by Crippen LogP contribution is -2.06. The van der Waals surface area contributed by atoms with E-state index in [1.807, 2.05) is 19.1 Å². The van der Waals surface area contributed by atoms with Crippen LogP contribution in [0.15, 0.2) is 64.9 Å². The Morgan fingerprint density at radius 3 is 2.76 bits per heavy atom. The summed E-state index contributed by atoms with van der Waals surface area (Å²) < 4.78 is 0. The van der Waals surface area contributed by atoms with E-state index in [0.717, 1.165) is 35.4 Å². The van der Waals surface area contributed by atoms with Gasteiger partial charge in [0.05, 0.1) is 5.71 Å². The van der Waals surface area contributed by atoms with Gasteiger partial charge in [-0.2, -0.15) is 0 Å². The van der Waals surface area contributed by atoms with Crippen molar-refractivity contribution in [2.45, 2.75) is 19.8 Å². The Labute approximate surface area is 104 Å². The largest absolute Gasteiger partial charge is 0.398 e. The molecule has 0 unspecified atom stereocenters. The third kappa shape index (κ3) is 3.91. The van der Waals surface area contributed by atoms with Gasteiger partial charge in [-0.05, 0) is 37.0 Å². The summed E-state index contributed by atoms with van der Waals surface area (Å²) in [5, 5.41) is 0. The van der Waals surface area contributed by atoms with Crippen LogP contribution in [-0.4, -0.2) is 12.8 Å². The van der Waals surface area contributed by atoms with Gasteiger partial charge in [0, 0.05) is 12.7 Å². The molecule has 0 heterocycles. The SMILES string of the molecule is C=C/C=C(\C)C(/C=C(\N)C1=CCCC=C1)=NC. The molecular formula is C15H20N2. The van der Waals surface area contributed by atoms with E-state index in [2.05, 4.69) is 29.8 Å². The molecule has 0 amide bonds. The molecule has 0 saturated carbocycles. The first-order valence-electron chi connectivity index (χ1n) is 5.79. The van der Waals surface area contributed by atoms with E-state index in [0.29, 0.717) is 0 Å². The maximum absolute atomic E-state index is 6.07. The summed E-state index contributed by atoms with van der Waals surface area (Å²) >= 11 is 0. The van der Waals surface area contributed by atoms with E-state index in [1.165, 1.54) is 0 Å². The lowest BCUT2D eigenvalue weighted by atomic mass is 10.0. The fraction of sp³-hybridized carbons (Fsp3) is 0.267. The highest BCUT2D eigenvalue weighted by Crippen LogP contribution is 2.15. The van der Waals surface area contributed by atoms with E-state index >= 15 is 0 Å². The minimum Gasteiger partial charge on any atom is -0.398 e. The van der Waals surface area contributed by atoms with Crippen LogP contribution in [0.5, 0.6) is 0 Å². The molecule has 0 aromatic heterocycles. The zero-order valence-electron chi connectivity index (χ0n) is 10.6. The number of nitrogens with two attached hydrogens (primary N) is 1. The molecule has 1 rings (SSSR count). The normalized spacial score (nSPS) is 18.0. The first kappa shape index (κ1) is 13.2. The Morgan fingerprint density at radius 2 is 2.24 bits per heavy atom. The number of aliphatic imine (C=N–C) groups is 1. The van der Waals surface area contributed by atoms with Gasteiger partial charge in [-0.1, -0.05) is 37.0 Å². The van der Waals surface area contributed by atoms with Gasteiger partial charge in [-0.3, -0.25) is 4.99 Å². The first-order chi connectivity index (χ1) is 8.19. The summed E-state index contributed by atoms with van der Waals surface area (Å²) in [4.78, 5) is 4.23. The molecule has 1 aliphatic rings. The third-order valence-electron chi connectivity index (χ3n) is 2.63. The average Bonchev–Trinajstić information content (AvgIpc) is 2.37. The van der Waals surface area contributed by atoms with Crippen LogP contribution in [-0.2, 0) is 0 Å². The molecule has 2 nitrogen and oxygen atoms in total. The zero-order valence-corrected chi connectivity index (χ0v) is 10.6.